The van der Waals surface area contributed by atoms with E-state index in [4.69, 9.17) is 11.6 Å². The third kappa shape index (κ3) is 2.93. The molecule has 0 fully saturated rings. The molecule has 2 aromatic rings. The smallest absolute Gasteiger partial charge is 0.141 e. The summed E-state index contributed by atoms with van der Waals surface area (Å²) in [7, 11) is 0. The lowest BCUT2D eigenvalue weighted by Gasteiger charge is -2.12. The van der Waals surface area contributed by atoms with Gasteiger partial charge in [-0.3, -0.25) is 9.67 Å². The molecule has 1 N–H and O–H groups in total. The molecule has 0 radical (unpaired) electrons. The van der Waals surface area contributed by atoms with Crippen molar-refractivity contribution in [3.05, 3.63) is 46.3 Å². The van der Waals surface area contributed by atoms with Gasteiger partial charge in [0.05, 0.1) is 28.7 Å². The molecule has 2 aromatic heterocycles. The predicted molar refractivity (Wildman–Crippen MR) is 70.5 cm³/mol. The van der Waals surface area contributed by atoms with Crippen molar-refractivity contribution in [2.24, 2.45) is 0 Å². The van der Waals surface area contributed by atoms with Crippen LogP contribution in [0.25, 0.3) is 0 Å². The minimum atomic E-state index is -0.859. The van der Waals surface area contributed by atoms with Crippen LogP contribution in [0.1, 0.15) is 30.0 Å². The van der Waals surface area contributed by atoms with Crippen LogP contribution in [0.5, 0.6) is 0 Å². The maximum atomic E-state index is 13.1. The highest BCUT2D eigenvalue weighted by Gasteiger charge is 2.18. The van der Waals surface area contributed by atoms with E-state index in [1.165, 1.54) is 12.3 Å². The highest BCUT2D eigenvalue weighted by molar-refractivity contribution is 6.31. The first-order chi connectivity index (χ1) is 9.02. The van der Waals surface area contributed by atoms with Crippen LogP contribution < -0.4 is 0 Å². The molecule has 0 aliphatic rings. The van der Waals surface area contributed by atoms with Gasteiger partial charge in [-0.2, -0.15) is 5.10 Å². The van der Waals surface area contributed by atoms with E-state index in [9.17, 15) is 9.50 Å². The Balaban J connectivity index is 2.26. The van der Waals surface area contributed by atoms with Gasteiger partial charge in [0, 0.05) is 24.7 Å². The number of aliphatic hydroxyl groups is 1. The SMILES string of the molecule is CCn1nc(C)c(Cl)c1CC(O)c1cncc(F)c1. The minimum absolute atomic E-state index is 0.276. The fraction of sp³-hybridized carbons (Fsp3) is 0.385. The molecule has 4 nitrogen and oxygen atoms in total. The Bertz CT molecular complexity index is 585. The number of aliphatic hydroxyl groups excluding tert-OH is 1. The monoisotopic (exact) mass is 283 g/mol. The van der Waals surface area contributed by atoms with E-state index in [0.29, 0.717) is 17.1 Å². The first-order valence-corrected chi connectivity index (χ1v) is 6.41. The third-order valence-corrected chi connectivity index (χ3v) is 3.44. The zero-order valence-electron chi connectivity index (χ0n) is 10.8. The van der Waals surface area contributed by atoms with Gasteiger partial charge in [-0.25, -0.2) is 4.39 Å². The van der Waals surface area contributed by atoms with Crippen LogP contribution in [0, 0.1) is 12.7 Å². The van der Waals surface area contributed by atoms with Crippen molar-refractivity contribution < 1.29 is 9.50 Å². The summed E-state index contributed by atoms with van der Waals surface area (Å²) in [6.45, 7) is 4.42. The van der Waals surface area contributed by atoms with E-state index >= 15 is 0 Å². The first-order valence-electron chi connectivity index (χ1n) is 6.03. The van der Waals surface area contributed by atoms with E-state index in [1.54, 1.807) is 4.68 Å². The number of hydrogen-bond donors (Lipinski definition) is 1. The average Bonchev–Trinajstić information content (AvgIpc) is 2.66. The summed E-state index contributed by atoms with van der Waals surface area (Å²) < 4.78 is 14.8. The number of aryl methyl sites for hydroxylation is 2. The second kappa shape index (κ2) is 5.67. The van der Waals surface area contributed by atoms with Gasteiger partial charge in [0.2, 0.25) is 0 Å². The molecule has 0 saturated heterocycles. The summed E-state index contributed by atoms with van der Waals surface area (Å²) in [5.74, 6) is -0.470. The molecule has 2 heterocycles. The minimum Gasteiger partial charge on any atom is -0.388 e. The van der Waals surface area contributed by atoms with E-state index in [0.717, 1.165) is 17.6 Å². The van der Waals surface area contributed by atoms with Crippen molar-refractivity contribution in [2.75, 3.05) is 0 Å². The molecule has 0 spiro atoms. The van der Waals surface area contributed by atoms with Gasteiger partial charge in [0.1, 0.15) is 5.82 Å². The maximum absolute atomic E-state index is 13.1. The average molecular weight is 284 g/mol. The zero-order chi connectivity index (χ0) is 14.0. The molecule has 0 amide bonds. The largest absolute Gasteiger partial charge is 0.388 e. The summed E-state index contributed by atoms with van der Waals surface area (Å²) >= 11 is 6.17. The van der Waals surface area contributed by atoms with Gasteiger partial charge >= 0.3 is 0 Å². The molecule has 102 valence electrons. The summed E-state index contributed by atoms with van der Waals surface area (Å²) in [6, 6.07) is 1.27. The molecule has 19 heavy (non-hydrogen) atoms. The van der Waals surface area contributed by atoms with Crippen LogP contribution in [0.4, 0.5) is 4.39 Å². The molecule has 0 aliphatic carbocycles. The van der Waals surface area contributed by atoms with Gasteiger partial charge in [-0.15, -0.1) is 0 Å². The normalized spacial score (nSPS) is 12.7. The number of aromatic nitrogens is 3. The zero-order valence-corrected chi connectivity index (χ0v) is 11.5. The summed E-state index contributed by atoms with van der Waals surface area (Å²) in [6.07, 6.45) is 1.96. The Labute approximate surface area is 115 Å². The Morgan fingerprint density at radius 3 is 2.84 bits per heavy atom. The fourth-order valence-electron chi connectivity index (χ4n) is 1.98. The standard InChI is InChI=1S/C13H15ClFN3O/c1-3-18-11(13(14)8(2)17-18)5-12(19)9-4-10(15)7-16-6-9/h4,6-7,12,19H,3,5H2,1-2H3. The lowest BCUT2D eigenvalue weighted by Crippen LogP contribution is -2.09. The van der Waals surface area contributed by atoms with Crippen molar-refractivity contribution in [1.29, 1.82) is 0 Å². The van der Waals surface area contributed by atoms with Gasteiger partial charge in [-0.1, -0.05) is 11.6 Å². The van der Waals surface area contributed by atoms with E-state index in [-0.39, 0.29) is 6.42 Å². The van der Waals surface area contributed by atoms with Crippen LogP contribution in [0.2, 0.25) is 5.02 Å². The Hall–Kier alpha value is -1.46. The third-order valence-electron chi connectivity index (χ3n) is 2.95. The van der Waals surface area contributed by atoms with Gasteiger partial charge in [0.15, 0.2) is 0 Å². The number of halogens is 2. The van der Waals surface area contributed by atoms with Crippen LogP contribution in [-0.4, -0.2) is 19.9 Å². The Kier molecular flexibility index (Phi) is 4.17. The molecule has 0 aromatic carbocycles. The van der Waals surface area contributed by atoms with Crippen molar-refractivity contribution >= 4 is 11.6 Å². The summed E-state index contributed by atoms with van der Waals surface area (Å²) in [5, 5.41) is 15.0. The molecule has 0 aliphatic heterocycles. The van der Waals surface area contributed by atoms with Crippen LogP contribution in [0.15, 0.2) is 18.5 Å². The quantitative estimate of drug-likeness (QED) is 0.938. The predicted octanol–water partition coefficient (Wildman–Crippen LogP) is 2.68. The first kappa shape index (κ1) is 14.0. The highest BCUT2D eigenvalue weighted by atomic mass is 35.5. The van der Waals surface area contributed by atoms with Gasteiger partial charge in [0.25, 0.3) is 0 Å². The van der Waals surface area contributed by atoms with Crippen molar-refractivity contribution in [3.8, 4) is 0 Å². The molecule has 2 rings (SSSR count). The topological polar surface area (TPSA) is 50.9 Å². The van der Waals surface area contributed by atoms with Crippen molar-refractivity contribution in [3.63, 3.8) is 0 Å². The van der Waals surface area contributed by atoms with E-state index in [2.05, 4.69) is 10.1 Å². The van der Waals surface area contributed by atoms with Gasteiger partial charge in [-0.05, 0) is 19.9 Å². The molecule has 0 saturated carbocycles. The molecule has 1 unspecified atom stereocenters. The van der Waals surface area contributed by atoms with Crippen molar-refractivity contribution in [1.82, 2.24) is 14.8 Å². The number of pyridine rings is 1. The fourth-order valence-corrected chi connectivity index (χ4v) is 2.19. The molecular formula is C13H15ClFN3O. The maximum Gasteiger partial charge on any atom is 0.141 e. The van der Waals surface area contributed by atoms with E-state index in [1.807, 2.05) is 13.8 Å². The second-order valence-corrected chi connectivity index (χ2v) is 4.70. The Morgan fingerprint density at radius 2 is 2.21 bits per heavy atom. The number of rotatable bonds is 4. The number of hydrogen-bond acceptors (Lipinski definition) is 3. The molecule has 0 bridgehead atoms. The number of nitrogens with zero attached hydrogens (tertiary/aromatic N) is 3. The van der Waals surface area contributed by atoms with Crippen LogP contribution >= 0.6 is 11.6 Å². The lowest BCUT2D eigenvalue weighted by atomic mass is 10.1. The molecule has 6 heteroatoms. The lowest BCUT2D eigenvalue weighted by molar-refractivity contribution is 0.174. The van der Waals surface area contributed by atoms with Crippen LogP contribution in [-0.2, 0) is 13.0 Å². The summed E-state index contributed by atoms with van der Waals surface area (Å²) in [5.41, 5.74) is 1.90. The van der Waals surface area contributed by atoms with Crippen LogP contribution in [0.3, 0.4) is 0 Å². The second-order valence-electron chi connectivity index (χ2n) is 4.32. The van der Waals surface area contributed by atoms with Crippen molar-refractivity contribution in [2.45, 2.75) is 32.9 Å². The Morgan fingerprint density at radius 1 is 1.47 bits per heavy atom. The summed E-state index contributed by atoms with van der Waals surface area (Å²) in [4.78, 5) is 3.73. The molecule has 1 atom stereocenters. The highest BCUT2D eigenvalue weighted by Crippen LogP contribution is 2.26. The van der Waals surface area contributed by atoms with Gasteiger partial charge < -0.3 is 5.11 Å². The van der Waals surface area contributed by atoms with E-state index < -0.39 is 11.9 Å². The molecular weight excluding hydrogens is 269 g/mol.